The summed E-state index contributed by atoms with van der Waals surface area (Å²) in [4.78, 5) is 14.7. The third-order valence-corrected chi connectivity index (χ3v) is 2.52. The molecule has 0 saturated carbocycles. The number of hydrogen-bond donors (Lipinski definition) is 0. The Morgan fingerprint density at radius 1 is 1.26 bits per heavy atom. The van der Waals surface area contributed by atoms with Gasteiger partial charge in [-0.3, -0.25) is 9.78 Å². The number of pyridine rings is 1. The summed E-state index contributed by atoms with van der Waals surface area (Å²) in [6.07, 6.45) is 6.13. The van der Waals surface area contributed by atoms with Crippen molar-refractivity contribution in [3.8, 4) is 5.75 Å². The predicted molar refractivity (Wildman–Crippen MR) is 74.9 cm³/mol. The van der Waals surface area contributed by atoms with Crippen molar-refractivity contribution in [3.05, 3.63) is 66.0 Å². The summed E-state index contributed by atoms with van der Waals surface area (Å²) in [6.45, 7) is 0.476. The fourth-order valence-corrected chi connectivity index (χ4v) is 1.57. The SMILES string of the molecule is O=C(Cl)/C=C/c1cncc(OCc2ccccc2)c1. The van der Waals surface area contributed by atoms with Crippen LogP contribution in [-0.4, -0.2) is 10.2 Å². The van der Waals surface area contributed by atoms with Crippen LogP contribution in [-0.2, 0) is 11.4 Å². The molecule has 0 saturated heterocycles. The maximum Gasteiger partial charge on any atom is 0.245 e. The van der Waals surface area contributed by atoms with Crippen LogP contribution >= 0.6 is 11.6 Å². The van der Waals surface area contributed by atoms with Gasteiger partial charge >= 0.3 is 0 Å². The highest BCUT2D eigenvalue weighted by Crippen LogP contribution is 2.14. The third-order valence-electron chi connectivity index (χ3n) is 2.39. The van der Waals surface area contributed by atoms with Crippen molar-refractivity contribution in [1.29, 1.82) is 0 Å². The number of halogens is 1. The van der Waals surface area contributed by atoms with Gasteiger partial charge in [0, 0.05) is 6.20 Å². The minimum absolute atomic E-state index is 0.476. The molecule has 0 N–H and O–H groups in total. The van der Waals surface area contributed by atoms with E-state index in [1.54, 1.807) is 24.5 Å². The zero-order valence-electron chi connectivity index (χ0n) is 10.1. The van der Waals surface area contributed by atoms with Crippen LogP contribution in [0.25, 0.3) is 6.08 Å². The molecule has 0 radical (unpaired) electrons. The Hall–Kier alpha value is -2.13. The Labute approximate surface area is 116 Å². The van der Waals surface area contributed by atoms with E-state index in [0.29, 0.717) is 12.4 Å². The summed E-state index contributed by atoms with van der Waals surface area (Å²) in [5.74, 6) is 0.646. The van der Waals surface area contributed by atoms with Gasteiger partial charge in [0.1, 0.15) is 12.4 Å². The van der Waals surface area contributed by atoms with Crippen LogP contribution in [0.5, 0.6) is 5.75 Å². The summed E-state index contributed by atoms with van der Waals surface area (Å²) >= 11 is 5.23. The summed E-state index contributed by atoms with van der Waals surface area (Å²) in [5, 5.41) is -0.518. The highest BCUT2D eigenvalue weighted by atomic mass is 35.5. The van der Waals surface area contributed by atoms with E-state index < -0.39 is 5.24 Å². The average Bonchev–Trinajstić information content (AvgIpc) is 2.44. The molecule has 0 bridgehead atoms. The molecule has 19 heavy (non-hydrogen) atoms. The molecule has 2 rings (SSSR count). The standard InChI is InChI=1S/C15H12ClNO2/c16-15(18)7-6-13-8-14(10-17-9-13)19-11-12-4-2-1-3-5-12/h1-10H,11H2/b7-6+. The molecule has 0 unspecified atom stereocenters. The fraction of sp³-hybridized carbons (Fsp3) is 0.0667. The lowest BCUT2D eigenvalue weighted by Gasteiger charge is -2.06. The molecule has 0 amide bonds. The zero-order valence-corrected chi connectivity index (χ0v) is 10.9. The van der Waals surface area contributed by atoms with Crippen molar-refractivity contribution < 1.29 is 9.53 Å². The first kappa shape index (κ1) is 13.3. The first-order chi connectivity index (χ1) is 9.24. The molecule has 1 aromatic carbocycles. The van der Waals surface area contributed by atoms with E-state index in [4.69, 9.17) is 16.3 Å². The Kier molecular flexibility index (Phi) is 4.70. The molecular formula is C15H12ClNO2. The number of benzene rings is 1. The predicted octanol–water partition coefficient (Wildman–Crippen LogP) is 3.44. The fourth-order valence-electron chi connectivity index (χ4n) is 1.51. The number of hydrogen-bond acceptors (Lipinski definition) is 3. The molecule has 1 heterocycles. The minimum atomic E-state index is -0.518. The topological polar surface area (TPSA) is 39.2 Å². The molecular weight excluding hydrogens is 262 g/mol. The van der Waals surface area contributed by atoms with Gasteiger partial charge in [0.05, 0.1) is 6.20 Å². The molecule has 4 heteroatoms. The van der Waals surface area contributed by atoms with Crippen molar-refractivity contribution in [2.45, 2.75) is 6.61 Å². The van der Waals surface area contributed by atoms with Crippen LogP contribution < -0.4 is 4.74 Å². The number of allylic oxidation sites excluding steroid dienone is 1. The molecule has 1 aromatic heterocycles. The maximum atomic E-state index is 10.6. The lowest BCUT2D eigenvalue weighted by atomic mass is 10.2. The van der Waals surface area contributed by atoms with E-state index >= 15 is 0 Å². The van der Waals surface area contributed by atoms with E-state index in [2.05, 4.69) is 4.98 Å². The van der Waals surface area contributed by atoms with Gasteiger partial charge in [-0.15, -0.1) is 0 Å². The maximum absolute atomic E-state index is 10.6. The average molecular weight is 274 g/mol. The van der Waals surface area contributed by atoms with Crippen molar-refractivity contribution in [2.75, 3.05) is 0 Å². The van der Waals surface area contributed by atoms with Crippen LogP contribution in [0.2, 0.25) is 0 Å². The summed E-state index contributed by atoms with van der Waals surface area (Å²) in [5.41, 5.74) is 1.85. The van der Waals surface area contributed by atoms with Crippen LogP contribution in [0, 0.1) is 0 Å². The zero-order chi connectivity index (χ0) is 13.5. The lowest BCUT2D eigenvalue weighted by Crippen LogP contribution is -1.95. The number of aromatic nitrogens is 1. The molecule has 0 spiro atoms. The number of carbonyl (C=O) groups is 1. The van der Waals surface area contributed by atoms with Crippen molar-refractivity contribution >= 4 is 22.9 Å². The Morgan fingerprint density at radius 3 is 2.79 bits per heavy atom. The Morgan fingerprint density at radius 2 is 2.05 bits per heavy atom. The van der Waals surface area contributed by atoms with Crippen LogP contribution in [0.3, 0.4) is 0 Å². The highest BCUT2D eigenvalue weighted by Gasteiger charge is 1.97. The van der Waals surface area contributed by atoms with E-state index in [0.717, 1.165) is 11.1 Å². The normalized spacial score (nSPS) is 10.6. The molecule has 0 aliphatic heterocycles. The van der Waals surface area contributed by atoms with Crippen LogP contribution in [0.15, 0.2) is 54.9 Å². The minimum Gasteiger partial charge on any atom is -0.487 e. The van der Waals surface area contributed by atoms with Gasteiger partial charge in [-0.25, -0.2) is 0 Å². The van der Waals surface area contributed by atoms with Gasteiger partial charge in [-0.1, -0.05) is 30.3 Å². The first-order valence-corrected chi connectivity index (χ1v) is 6.11. The van der Waals surface area contributed by atoms with Gasteiger partial charge in [-0.2, -0.15) is 0 Å². The molecule has 0 aliphatic rings. The third kappa shape index (κ3) is 4.56. The van der Waals surface area contributed by atoms with Crippen molar-refractivity contribution in [3.63, 3.8) is 0 Å². The molecule has 0 fully saturated rings. The lowest BCUT2D eigenvalue weighted by molar-refractivity contribution is -0.107. The van der Waals surface area contributed by atoms with E-state index in [-0.39, 0.29) is 0 Å². The van der Waals surface area contributed by atoms with Gasteiger partial charge in [0.25, 0.3) is 0 Å². The molecule has 0 atom stereocenters. The first-order valence-electron chi connectivity index (χ1n) is 5.73. The van der Waals surface area contributed by atoms with Crippen molar-refractivity contribution in [1.82, 2.24) is 4.98 Å². The molecule has 3 nitrogen and oxygen atoms in total. The second-order valence-electron chi connectivity index (χ2n) is 3.87. The van der Waals surface area contributed by atoms with Crippen LogP contribution in [0.1, 0.15) is 11.1 Å². The van der Waals surface area contributed by atoms with Gasteiger partial charge < -0.3 is 4.74 Å². The van der Waals surface area contributed by atoms with Gasteiger partial charge in [0.15, 0.2) is 0 Å². The monoisotopic (exact) mass is 273 g/mol. The van der Waals surface area contributed by atoms with E-state index in [1.165, 1.54) is 6.08 Å². The molecule has 96 valence electrons. The smallest absolute Gasteiger partial charge is 0.245 e. The second-order valence-corrected chi connectivity index (χ2v) is 4.24. The number of rotatable bonds is 5. The summed E-state index contributed by atoms with van der Waals surface area (Å²) in [6, 6.07) is 11.7. The number of nitrogens with zero attached hydrogens (tertiary/aromatic N) is 1. The Bertz CT molecular complexity index is 582. The molecule has 0 aliphatic carbocycles. The second kappa shape index (κ2) is 6.71. The van der Waals surface area contributed by atoms with E-state index in [9.17, 15) is 4.79 Å². The van der Waals surface area contributed by atoms with E-state index in [1.807, 2.05) is 30.3 Å². The van der Waals surface area contributed by atoms with Crippen LogP contribution in [0.4, 0.5) is 0 Å². The molecule has 2 aromatic rings. The summed E-state index contributed by atoms with van der Waals surface area (Å²) < 4.78 is 5.63. The Balaban J connectivity index is 2.01. The summed E-state index contributed by atoms with van der Waals surface area (Å²) in [7, 11) is 0. The highest BCUT2D eigenvalue weighted by molar-refractivity contribution is 6.66. The quantitative estimate of drug-likeness (QED) is 0.619. The number of carbonyl (C=O) groups excluding carboxylic acids is 1. The van der Waals surface area contributed by atoms with Gasteiger partial charge in [-0.05, 0) is 40.9 Å². The van der Waals surface area contributed by atoms with Gasteiger partial charge in [0.2, 0.25) is 5.24 Å². The number of ether oxygens (including phenoxy) is 1. The largest absolute Gasteiger partial charge is 0.487 e. The van der Waals surface area contributed by atoms with Crippen molar-refractivity contribution in [2.24, 2.45) is 0 Å².